The zero-order valence-corrected chi connectivity index (χ0v) is 11.4. The summed E-state index contributed by atoms with van der Waals surface area (Å²) in [6, 6.07) is 7.03. The number of amides is 2. The third kappa shape index (κ3) is 2.61. The van der Waals surface area contributed by atoms with Crippen LogP contribution < -0.4 is 5.73 Å². The smallest absolute Gasteiger partial charge is 0.254 e. The molecule has 5 heteroatoms. The molecule has 106 valence electrons. The Hall–Kier alpha value is -2.04. The molecule has 1 aromatic rings. The number of benzene rings is 1. The van der Waals surface area contributed by atoms with Crippen molar-refractivity contribution in [2.75, 3.05) is 31.9 Å². The van der Waals surface area contributed by atoms with Crippen molar-refractivity contribution in [3.05, 3.63) is 29.8 Å². The number of hydrogen-bond acceptors (Lipinski definition) is 3. The first-order valence-corrected chi connectivity index (χ1v) is 7.09. The van der Waals surface area contributed by atoms with Crippen LogP contribution in [-0.2, 0) is 4.79 Å². The molecule has 2 N–H and O–H groups in total. The molecule has 2 aliphatic rings. The average molecular weight is 273 g/mol. The van der Waals surface area contributed by atoms with Crippen molar-refractivity contribution in [1.29, 1.82) is 0 Å². The molecule has 1 aliphatic carbocycles. The quantitative estimate of drug-likeness (QED) is 0.816. The molecule has 0 spiro atoms. The van der Waals surface area contributed by atoms with Gasteiger partial charge >= 0.3 is 0 Å². The monoisotopic (exact) mass is 273 g/mol. The van der Waals surface area contributed by atoms with E-state index >= 15 is 0 Å². The van der Waals surface area contributed by atoms with Gasteiger partial charge in [-0.3, -0.25) is 9.59 Å². The van der Waals surface area contributed by atoms with Gasteiger partial charge in [0.25, 0.3) is 5.91 Å². The van der Waals surface area contributed by atoms with Gasteiger partial charge in [-0.15, -0.1) is 0 Å². The van der Waals surface area contributed by atoms with E-state index in [1.165, 1.54) is 0 Å². The normalized spacial score (nSPS) is 19.0. The molecule has 1 aliphatic heterocycles. The standard InChI is InChI=1S/C15H19N3O2/c16-13-3-1-2-12(10-13)15(20)18-8-6-17(7-9-18)14(19)11-4-5-11/h1-3,10-11H,4-9,16H2. The van der Waals surface area contributed by atoms with Crippen molar-refractivity contribution in [2.45, 2.75) is 12.8 Å². The zero-order valence-electron chi connectivity index (χ0n) is 11.4. The van der Waals surface area contributed by atoms with Gasteiger partial charge in [0.05, 0.1) is 0 Å². The molecule has 1 aromatic carbocycles. The van der Waals surface area contributed by atoms with Gasteiger partial charge in [0.1, 0.15) is 0 Å². The summed E-state index contributed by atoms with van der Waals surface area (Å²) in [5.41, 5.74) is 6.92. The maximum absolute atomic E-state index is 12.3. The van der Waals surface area contributed by atoms with Crippen LogP contribution in [0.25, 0.3) is 0 Å². The van der Waals surface area contributed by atoms with E-state index in [0.29, 0.717) is 37.4 Å². The molecule has 0 aromatic heterocycles. The molecule has 0 unspecified atom stereocenters. The highest BCUT2D eigenvalue weighted by Crippen LogP contribution is 2.31. The van der Waals surface area contributed by atoms with E-state index < -0.39 is 0 Å². The molecule has 1 saturated carbocycles. The zero-order chi connectivity index (χ0) is 14.1. The Morgan fingerprint density at radius 1 is 1.05 bits per heavy atom. The largest absolute Gasteiger partial charge is 0.399 e. The molecule has 1 heterocycles. The van der Waals surface area contributed by atoms with Crippen LogP contribution >= 0.6 is 0 Å². The second-order valence-electron chi connectivity index (χ2n) is 5.52. The Labute approximate surface area is 118 Å². The van der Waals surface area contributed by atoms with Gasteiger partial charge in [-0.25, -0.2) is 0 Å². The van der Waals surface area contributed by atoms with Crippen molar-refractivity contribution in [1.82, 2.24) is 9.80 Å². The van der Waals surface area contributed by atoms with Crippen LogP contribution in [0.3, 0.4) is 0 Å². The van der Waals surface area contributed by atoms with Crippen LogP contribution in [0.15, 0.2) is 24.3 Å². The summed E-state index contributed by atoms with van der Waals surface area (Å²) in [5, 5.41) is 0. The number of anilines is 1. The molecule has 1 saturated heterocycles. The maximum Gasteiger partial charge on any atom is 0.254 e. The van der Waals surface area contributed by atoms with Gasteiger partial charge in [0.15, 0.2) is 0 Å². The van der Waals surface area contributed by atoms with Crippen LogP contribution in [0.5, 0.6) is 0 Å². The highest BCUT2D eigenvalue weighted by atomic mass is 16.2. The molecular weight excluding hydrogens is 254 g/mol. The molecule has 0 bridgehead atoms. The third-order valence-electron chi connectivity index (χ3n) is 3.94. The lowest BCUT2D eigenvalue weighted by Crippen LogP contribution is -2.51. The lowest BCUT2D eigenvalue weighted by molar-refractivity contribution is -0.134. The first-order valence-electron chi connectivity index (χ1n) is 7.09. The number of hydrogen-bond donors (Lipinski definition) is 1. The van der Waals surface area contributed by atoms with Gasteiger partial charge in [0, 0.05) is 43.3 Å². The Bertz CT molecular complexity index is 532. The fourth-order valence-electron chi connectivity index (χ4n) is 2.57. The molecule has 2 amide bonds. The number of nitrogens with two attached hydrogens (primary N) is 1. The van der Waals surface area contributed by atoms with Crippen LogP contribution in [0.4, 0.5) is 5.69 Å². The topological polar surface area (TPSA) is 66.6 Å². The van der Waals surface area contributed by atoms with Gasteiger partial charge in [-0.2, -0.15) is 0 Å². The lowest BCUT2D eigenvalue weighted by atomic mass is 10.1. The Kier molecular flexibility index (Phi) is 3.34. The maximum atomic E-state index is 12.3. The lowest BCUT2D eigenvalue weighted by Gasteiger charge is -2.35. The third-order valence-corrected chi connectivity index (χ3v) is 3.94. The van der Waals surface area contributed by atoms with E-state index in [4.69, 9.17) is 5.73 Å². The summed E-state index contributed by atoms with van der Waals surface area (Å²) in [4.78, 5) is 28.0. The van der Waals surface area contributed by atoms with Gasteiger partial charge in [-0.05, 0) is 31.0 Å². The van der Waals surface area contributed by atoms with Gasteiger partial charge in [-0.1, -0.05) is 6.07 Å². The minimum Gasteiger partial charge on any atom is -0.399 e. The van der Waals surface area contributed by atoms with E-state index in [0.717, 1.165) is 12.8 Å². The molecule has 0 atom stereocenters. The van der Waals surface area contributed by atoms with Crippen molar-refractivity contribution in [3.63, 3.8) is 0 Å². The van der Waals surface area contributed by atoms with Crippen LogP contribution in [-0.4, -0.2) is 47.8 Å². The second-order valence-corrected chi connectivity index (χ2v) is 5.52. The molecule has 20 heavy (non-hydrogen) atoms. The van der Waals surface area contributed by atoms with Gasteiger partial charge in [0.2, 0.25) is 5.91 Å². The Morgan fingerprint density at radius 2 is 1.70 bits per heavy atom. The van der Waals surface area contributed by atoms with Crippen molar-refractivity contribution < 1.29 is 9.59 Å². The second kappa shape index (κ2) is 5.15. The molecule has 3 rings (SSSR count). The molecule has 2 fully saturated rings. The number of piperazine rings is 1. The summed E-state index contributed by atoms with van der Waals surface area (Å²) in [5.74, 6) is 0.517. The number of rotatable bonds is 2. The number of nitrogens with zero attached hydrogens (tertiary/aromatic N) is 2. The highest BCUT2D eigenvalue weighted by Gasteiger charge is 2.35. The fourth-order valence-corrected chi connectivity index (χ4v) is 2.57. The SMILES string of the molecule is Nc1cccc(C(=O)N2CCN(C(=O)C3CC3)CC2)c1. The van der Waals surface area contributed by atoms with E-state index in [1.807, 2.05) is 4.90 Å². The summed E-state index contributed by atoms with van der Waals surface area (Å²) in [6.07, 6.45) is 2.06. The number of carbonyl (C=O) groups excluding carboxylic acids is 2. The van der Waals surface area contributed by atoms with Crippen LogP contribution in [0.2, 0.25) is 0 Å². The fraction of sp³-hybridized carbons (Fsp3) is 0.467. The Balaban J connectivity index is 1.60. The molecular formula is C15H19N3O2. The summed E-state index contributed by atoms with van der Waals surface area (Å²) >= 11 is 0. The van der Waals surface area contributed by atoms with E-state index in [-0.39, 0.29) is 17.7 Å². The van der Waals surface area contributed by atoms with Crippen molar-refractivity contribution in [2.24, 2.45) is 5.92 Å². The number of nitrogen functional groups attached to an aromatic ring is 1. The summed E-state index contributed by atoms with van der Waals surface area (Å²) < 4.78 is 0. The van der Waals surface area contributed by atoms with E-state index in [1.54, 1.807) is 29.2 Å². The minimum atomic E-state index is -0.00387. The predicted octanol–water partition coefficient (Wildman–Crippen LogP) is 0.963. The first kappa shape index (κ1) is 13.0. The average Bonchev–Trinajstić information content (AvgIpc) is 3.30. The minimum absolute atomic E-state index is 0.00387. The Morgan fingerprint density at radius 3 is 2.30 bits per heavy atom. The number of carbonyl (C=O) groups is 2. The summed E-state index contributed by atoms with van der Waals surface area (Å²) in [6.45, 7) is 2.49. The van der Waals surface area contributed by atoms with Crippen molar-refractivity contribution >= 4 is 17.5 Å². The highest BCUT2D eigenvalue weighted by molar-refractivity contribution is 5.95. The molecule has 0 radical (unpaired) electrons. The van der Waals surface area contributed by atoms with E-state index in [9.17, 15) is 9.59 Å². The molecule has 5 nitrogen and oxygen atoms in total. The predicted molar refractivity (Wildman–Crippen MR) is 76.1 cm³/mol. The first-order chi connectivity index (χ1) is 9.65. The summed E-state index contributed by atoms with van der Waals surface area (Å²) in [7, 11) is 0. The van der Waals surface area contributed by atoms with Gasteiger partial charge < -0.3 is 15.5 Å². The van der Waals surface area contributed by atoms with Crippen LogP contribution in [0, 0.1) is 5.92 Å². The van der Waals surface area contributed by atoms with Crippen molar-refractivity contribution in [3.8, 4) is 0 Å². The van der Waals surface area contributed by atoms with Crippen LogP contribution in [0.1, 0.15) is 23.2 Å². The van der Waals surface area contributed by atoms with E-state index in [2.05, 4.69) is 0 Å².